The number of nitrogens with one attached hydrogen (secondary N) is 1. The summed E-state index contributed by atoms with van der Waals surface area (Å²) in [4.78, 5) is 2.96. The van der Waals surface area contributed by atoms with E-state index in [9.17, 15) is 0 Å². The molecule has 0 saturated heterocycles. The molecule has 1 aromatic heterocycles. The molecule has 1 N–H and O–H groups in total. The number of aromatic nitrogens is 1. The highest BCUT2D eigenvalue weighted by Crippen LogP contribution is 1.94. The van der Waals surface area contributed by atoms with Gasteiger partial charge in [0.2, 0.25) is 0 Å². The van der Waals surface area contributed by atoms with Gasteiger partial charge in [-0.2, -0.15) is 0 Å². The van der Waals surface area contributed by atoms with E-state index in [0.29, 0.717) is 0 Å². The molecular weight excluding hydrogens is 110 g/mol. The topological polar surface area (TPSA) is 14.1 Å². The van der Waals surface area contributed by atoms with Gasteiger partial charge in [0.1, 0.15) is 0 Å². The second-order valence-corrected chi connectivity index (χ2v) is 1.90. The molecule has 9 heavy (non-hydrogen) atoms. The molecule has 1 rings (SSSR count). The Morgan fingerprint density at radius 3 is 2.67 bits per heavy atom. The largest absolute Gasteiger partial charge is 0.218 e. The van der Waals surface area contributed by atoms with Crippen LogP contribution in [0.15, 0.2) is 37.2 Å². The third-order valence-electron chi connectivity index (χ3n) is 1.17. The molecule has 0 amide bonds. The molecule has 0 spiro atoms. The third kappa shape index (κ3) is 1.68. The molecule has 1 heteroatoms. The summed E-state index contributed by atoms with van der Waals surface area (Å²) in [6, 6.07) is 4.09. The lowest BCUT2D eigenvalue weighted by molar-refractivity contribution is -0.378. The molecule has 0 aliphatic heterocycles. The van der Waals surface area contributed by atoms with E-state index in [1.165, 1.54) is 5.56 Å². The highest BCUT2D eigenvalue weighted by Gasteiger charge is 1.86. The van der Waals surface area contributed by atoms with Crippen LogP contribution in [0, 0.1) is 0 Å². The molecule has 0 radical (unpaired) electrons. The Balaban J connectivity index is 2.72. The van der Waals surface area contributed by atoms with Crippen molar-refractivity contribution in [3.8, 4) is 0 Å². The quantitative estimate of drug-likeness (QED) is 0.521. The van der Waals surface area contributed by atoms with E-state index in [0.717, 1.165) is 6.42 Å². The monoisotopic (exact) mass is 120 g/mol. The molecule has 0 aliphatic carbocycles. The minimum absolute atomic E-state index is 0.953. The number of pyridine rings is 1. The first-order valence-corrected chi connectivity index (χ1v) is 2.99. The lowest BCUT2D eigenvalue weighted by atomic mass is 10.2. The molecule has 0 unspecified atom stereocenters. The van der Waals surface area contributed by atoms with Crippen LogP contribution in [0.3, 0.4) is 0 Å². The van der Waals surface area contributed by atoms with Crippen molar-refractivity contribution in [2.24, 2.45) is 0 Å². The van der Waals surface area contributed by atoms with Crippen molar-refractivity contribution in [1.82, 2.24) is 0 Å². The van der Waals surface area contributed by atoms with Crippen molar-refractivity contribution in [3.63, 3.8) is 0 Å². The van der Waals surface area contributed by atoms with Crippen LogP contribution >= 0.6 is 0 Å². The summed E-state index contributed by atoms with van der Waals surface area (Å²) in [5, 5.41) is 0. The van der Waals surface area contributed by atoms with E-state index in [1.54, 1.807) is 0 Å². The maximum Gasteiger partial charge on any atom is 0.167 e. The maximum atomic E-state index is 3.65. The Labute approximate surface area is 55.1 Å². The SMILES string of the molecule is C=CCc1cc[nH+]cc1. The molecule has 1 nitrogen and oxygen atoms in total. The standard InChI is InChI=1S/C8H9N/c1-2-3-8-4-6-9-7-5-8/h2,4-7H,1,3H2/p+1. The molecular formula is C8H10N+. The summed E-state index contributed by atoms with van der Waals surface area (Å²) in [6.45, 7) is 3.65. The van der Waals surface area contributed by atoms with Gasteiger partial charge in [0.15, 0.2) is 12.4 Å². The van der Waals surface area contributed by atoms with Gasteiger partial charge in [-0.25, -0.2) is 4.98 Å². The number of allylic oxidation sites excluding steroid dienone is 1. The predicted molar refractivity (Wildman–Crippen MR) is 36.9 cm³/mol. The van der Waals surface area contributed by atoms with Gasteiger partial charge in [-0.15, -0.1) is 6.58 Å². The van der Waals surface area contributed by atoms with E-state index < -0.39 is 0 Å². The van der Waals surface area contributed by atoms with Crippen molar-refractivity contribution in [3.05, 3.63) is 42.7 Å². The third-order valence-corrected chi connectivity index (χ3v) is 1.17. The zero-order valence-electron chi connectivity index (χ0n) is 5.30. The Hall–Kier alpha value is -1.11. The fraction of sp³-hybridized carbons (Fsp3) is 0.125. The molecule has 0 bridgehead atoms. The van der Waals surface area contributed by atoms with Gasteiger partial charge in [0.05, 0.1) is 0 Å². The highest BCUT2D eigenvalue weighted by atomic mass is 14.6. The zero-order valence-corrected chi connectivity index (χ0v) is 5.30. The van der Waals surface area contributed by atoms with Crippen molar-refractivity contribution in [2.45, 2.75) is 6.42 Å². The van der Waals surface area contributed by atoms with Gasteiger partial charge in [-0.3, -0.25) is 0 Å². The normalized spacial score (nSPS) is 8.89. The van der Waals surface area contributed by atoms with E-state index >= 15 is 0 Å². The molecule has 0 aliphatic rings. The predicted octanol–water partition coefficient (Wildman–Crippen LogP) is 1.23. The molecule has 1 heterocycles. The number of hydrogen-bond acceptors (Lipinski definition) is 0. The number of hydrogen-bond donors (Lipinski definition) is 0. The lowest BCUT2D eigenvalue weighted by Gasteiger charge is -1.87. The van der Waals surface area contributed by atoms with E-state index in [2.05, 4.69) is 11.6 Å². The van der Waals surface area contributed by atoms with E-state index in [1.807, 2.05) is 30.6 Å². The molecule has 0 fully saturated rings. The summed E-state index contributed by atoms with van der Waals surface area (Å²) in [5.74, 6) is 0. The Morgan fingerprint density at radius 1 is 1.44 bits per heavy atom. The number of H-pyrrole nitrogens is 1. The van der Waals surface area contributed by atoms with Crippen LogP contribution < -0.4 is 4.98 Å². The van der Waals surface area contributed by atoms with Gasteiger partial charge in [-0.1, -0.05) is 6.08 Å². The minimum atomic E-state index is 0.953. The van der Waals surface area contributed by atoms with Crippen LogP contribution in [0.25, 0.3) is 0 Å². The molecule has 1 aromatic rings. The first-order chi connectivity index (χ1) is 4.43. The Morgan fingerprint density at radius 2 is 2.11 bits per heavy atom. The Kier molecular flexibility index (Phi) is 2.02. The van der Waals surface area contributed by atoms with Crippen molar-refractivity contribution < 1.29 is 4.98 Å². The molecule has 0 atom stereocenters. The lowest BCUT2D eigenvalue weighted by Crippen LogP contribution is -1.97. The maximum absolute atomic E-state index is 3.65. The van der Waals surface area contributed by atoms with Gasteiger partial charge in [0, 0.05) is 12.1 Å². The fourth-order valence-corrected chi connectivity index (χ4v) is 0.724. The smallest absolute Gasteiger partial charge is 0.167 e. The van der Waals surface area contributed by atoms with Crippen molar-refractivity contribution in [2.75, 3.05) is 0 Å². The van der Waals surface area contributed by atoms with Crippen LogP contribution in [0.1, 0.15) is 5.56 Å². The van der Waals surface area contributed by atoms with E-state index in [-0.39, 0.29) is 0 Å². The average Bonchev–Trinajstić information content (AvgIpc) is 1.91. The highest BCUT2D eigenvalue weighted by molar-refractivity contribution is 5.10. The van der Waals surface area contributed by atoms with Gasteiger partial charge >= 0.3 is 0 Å². The number of rotatable bonds is 2. The summed E-state index contributed by atoms with van der Waals surface area (Å²) in [6.07, 6.45) is 6.68. The minimum Gasteiger partial charge on any atom is -0.218 e. The summed E-state index contributed by atoms with van der Waals surface area (Å²) in [7, 11) is 0. The van der Waals surface area contributed by atoms with E-state index in [4.69, 9.17) is 0 Å². The molecule has 0 aromatic carbocycles. The molecule has 46 valence electrons. The first-order valence-electron chi connectivity index (χ1n) is 2.99. The second-order valence-electron chi connectivity index (χ2n) is 1.90. The second kappa shape index (κ2) is 3.02. The van der Waals surface area contributed by atoms with Crippen LogP contribution in [0.4, 0.5) is 0 Å². The van der Waals surface area contributed by atoms with Gasteiger partial charge < -0.3 is 0 Å². The average molecular weight is 120 g/mol. The van der Waals surface area contributed by atoms with Gasteiger partial charge in [0.25, 0.3) is 0 Å². The van der Waals surface area contributed by atoms with Crippen LogP contribution in [-0.2, 0) is 6.42 Å². The summed E-state index contributed by atoms with van der Waals surface area (Å²) >= 11 is 0. The Bertz CT molecular complexity index is 179. The van der Waals surface area contributed by atoms with Crippen molar-refractivity contribution in [1.29, 1.82) is 0 Å². The van der Waals surface area contributed by atoms with Crippen molar-refractivity contribution >= 4 is 0 Å². The van der Waals surface area contributed by atoms with Crippen LogP contribution in [0.5, 0.6) is 0 Å². The summed E-state index contributed by atoms with van der Waals surface area (Å²) in [5.41, 5.74) is 1.30. The fourth-order valence-electron chi connectivity index (χ4n) is 0.724. The van der Waals surface area contributed by atoms with Crippen LogP contribution in [-0.4, -0.2) is 0 Å². The first kappa shape index (κ1) is 6.02. The number of aromatic amines is 1. The zero-order chi connectivity index (χ0) is 6.53. The molecule has 0 saturated carbocycles. The summed E-state index contributed by atoms with van der Waals surface area (Å²) < 4.78 is 0. The van der Waals surface area contributed by atoms with Gasteiger partial charge in [-0.05, 0) is 12.0 Å². The van der Waals surface area contributed by atoms with Crippen LogP contribution in [0.2, 0.25) is 0 Å².